The first kappa shape index (κ1) is 13.1. The van der Waals surface area contributed by atoms with Gasteiger partial charge in [-0.15, -0.1) is 0 Å². The van der Waals surface area contributed by atoms with E-state index in [9.17, 15) is 9.59 Å². The lowest BCUT2D eigenvalue weighted by atomic mass is 10.1. The fourth-order valence-corrected chi connectivity index (χ4v) is 2.43. The van der Waals surface area contributed by atoms with Crippen LogP contribution in [0.25, 0.3) is 0 Å². The smallest absolute Gasteiger partial charge is 0.333 e. The zero-order chi connectivity index (χ0) is 12.3. The number of carbonyl (C=O) groups excluding carboxylic acids is 2. The number of aliphatic hydroxyl groups is 1. The molecule has 1 rings (SSSR count). The predicted molar refractivity (Wildman–Crippen MR) is 60.6 cm³/mol. The van der Waals surface area contributed by atoms with Gasteiger partial charge in [0.25, 0.3) is 0 Å². The standard InChI is InChI=1S/C10H15NO4S/c1-4-15-8(13)5-7-11(3)9(14)10(2,6-12)16-7/h5,12H,4,6H2,1-3H3/b7-5-. The third-order valence-electron chi connectivity index (χ3n) is 2.25. The van der Waals surface area contributed by atoms with E-state index in [1.807, 2.05) is 0 Å². The molecule has 90 valence electrons. The molecule has 1 amide bonds. The quantitative estimate of drug-likeness (QED) is 0.574. The molecule has 1 unspecified atom stereocenters. The van der Waals surface area contributed by atoms with Gasteiger partial charge in [0.1, 0.15) is 4.75 Å². The molecule has 1 atom stereocenters. The number of nitrogens with zero attached hydrogens (tertiary/aromatic N) is 1. The van der Waals surface area contributed by atoms with Gasteiger partial charge in [-0.1, -0.05) is 11.8 Å². The average Bonchev–Trinajstić information content (AvgIpc) is 2.45. The molecule has 0 spiro atoms. The van der Waals surface area contributed by atoms with E-state index in [2.05, 4.69) is 0 Å². The lowest BCUT2D eigenvalue weighted by Gasteiger charge is -2.15. The zero-order valence-corrected chi connectivity index (χ0v) is 10.3. The first-order chi connectivity index (χ1) is 7.44. The molecule has 0 aliphatic carbocycles. The van der Waals surface area contributed by atoms with Crippen molar-refractivity contribution in [3.8, 4) is 0 Å². The van der Waals surface area contributed by atoms with E-state index in [0.29, 0.717) is 11.6 Å². The number of hydrogen-bond donors (Lipinski definition) is 1. The molecule has 1 saturated heterocycles. The Kier molecular flexibility index (Phi) is 3.98. The first-order valence-corrected chi connectivity index (χ1v) is 5.72. The summed E-state index contributed by atoms with van der Waals surface area (Å²) in [6, 6.07) is 0. The Labute approximate surface area is 98.4 Å². The van der Waals surface area contributed by atoms with Crippen LogP contribution in [0.1, 0.15) is 13.8 Å². The van der Waals surface area contributed by atoms with Crippen molar-refractivity contribution in [3.63, 3.8) is 0 Å². The van der Waals surface area contributed by atoms with Gasteiger partial charge in [-0.25, -0.2) is 4.79 Å². The van der Waals surface area contributed by atoms with E-state index in [0.717, 1.165) is 0 Å². The van der Waals surface area contributed by atoms with Crippen LogP contribution in [0.15, 0.2) is 11.1 Å². The van der Waals surface area contributed by atoms with Crippen LogP contribution in [0.2, 0.25) is 0 Å². The normalized spacial score (nSPS) is 27.6. The van der Waals surface area contributed by atoms with Crippen molar-refractivity contribution >= 4 is 23.6 Å². The van der Waals surface area contributed by atoms with Crippen LogP contribution in [0.4, 0.5) is 0 Å². The van der Waals surface area contributed by atoms with E-state index < -0.39 is 10.7 Å². The van der Waals surface area contributed by atoms with Crippen molar-refractivity contribution in [2.75, 3.05) is 20.3 Å². The van der Waals surface area contributed by atoms with Crippen LogP contribution >= 0.6 is 11.8 Å². The van der Waals surface area contributed by atoms with Crippen LogP contribution in [-0.2, 0) is 14.3 Å². The number of rotatable bonds is 3. The fourth-order valence-electron chi connectivity index (χ4n) is 1.31. The van der Waals surface area contributed by atoms with Crippen molar-refractivity contribution < 1.29 is 19.4 Å². The SMILES string of the molecule is CCOC(=O)/C=C1\SC(C)(CO)C(=O)N1C. The third kappa shape index (κ3) is 2.38. The second kappa shape index (κ2) is 4.88. The van der Waals surface area contributed by atoms with E-state index >= 15 is 0 Å². The van der Waals surface area contributed by atoms with Gasteiger partial charge in [0.2, 0.25) is 5.91 Å². The Bertz CT molecular complexity index is 342. The summed E-state index contributed by atoms with van der Waals surface area (Å²) >= 11 is 1.17. The van der Waals surface area contributed by atoms with Gasteiger partial charge in [-0.2, -0.15) is 0 Å². The molecule has 6 heteroatoms. The molecule has 0 radical (unpaired) electrons. The highest BCUT2D eigenvalue weighted by Gasteiger charge is 2.45. The number of esters is 1. The van der Waals surface area contributed by atoms with Gasteiger partial charge < -0.3 is 14.7 Å². The number of amides is 1. The Balaban J connectivity index is 2.86. The zero-order valence-electron chi connectivity index (χ0n) is 9.52. The molecule has 1 fully saturated rings. The summed E-state index contributed by atoms with van der Waals surface area (Å²) < 4.78 is 3.86. The molecule has 1 heterocycles. The van der Waals surface area contributed by atoms with E-state index in [1.54, 1.807) is 20.9 Å². The summed E-state index contributed by atoms with van der Waals surface area (Å²) in [5, 5.41) is 9.66. The Morgan fingerprint density at radius 2 is 2.31 bits per heavy atom. The lowest BCUT2D eigenvalue weighted by Crippen LogP contribution is -2.37. The van der Waals surface area contributed by atoms with Crippen LogP contribution in [0.5, 0.6) is 0 Å². The van der Waals surface area contributed by atoms with E-state index in [4.69, 9.17) is 9.84 Å². The average molecular weight is 245 g/mol. The molecular formula is C10H15NO4S. The van der Waals surface area contributed by atoms with Gasteiger partial charge in [-0.3, -0.25) is 4.79 Å². The largest absolute Gasteiger partial charge is 0.463 e. The van der Waals surface area contributed by atoms with Gasteiger partial charge in [-0.05, 0) is 13.8 Å². The Morgan fingerprint density at radius 3 is 2.75 bits per heavy atom. The molecule has 5 nitrogen and oxygen atoms in total. The highest BCUT2D eigenvalue weighted by molar-refractivity contribution is 8.05. The van der Waals surface area contributed by atoms with Crippen LogP contribution in [0.3, 0.4) is 0 Å². The first-order valence-electron chi connectivity index (χ1n) is 4.91. The van der Waals surface area contributed by atoms with Crippen LogP contribution in [-0.4, -0.2) is 46.9 Å². The molecule has 0 aromatic rings. The molecule has 0 aromatic carbocycles. The number of carbonyl (C=O) groups is 2. The summed E-state index contributed by atoms with van der Waals surface area (Å²) in [5.74, 6) is -0.692. The van der Waals surface area contributed by atoms with Crippen molar-refractivity contribution in [2.24, 2.45) is 0 Å². The second-order valence-corrected chi connectivity index (χ2v) is 5.11. The summed E-state index contributed by atoms with van der Waals surface area (Å²) in [4.78, 5) is 24.4. The lowest BCUT2D eigenvalue weighted by molar-refractivity contribution is -0.137. The van der Waals surface area contributed by atoms with Crippen molar-refractivity contribution in [2.45, 2.75) is 18.6 Å². The van der Waals surface area contributed by atoms with Crippen molar-refractivity contribution in [1.29, 1.82) is 0 Å². The monoisotopic (exact) mass is 245 g/mol. The maximum atomic E-state index is 11.8. The number of thioether (sulfide) groups is 1. The number of hydrogen-bond acceptors (Lipinski definition) is 5. The highest BCUT2D eigenvalue weighted by Crippen LogP contribution is 2.42. The number of ether oxygens (including phenoxy) is 1. The molecule has 0 bridgehead atoms. The van der Waals surface area contributed by atoms with Gasteiger partial charge in [0.05, 0.1) is 24.3 Å². The van der Waals surface area contributed by atoms with E-state index in [-0.39, 0.29) is 12.5 Å². The summed E-state index contributed by atoms with van der Waals surface area (Å²) in [6.07, 6.45) is 1.27. The minimum Gasteiger partial charge on any atom is -0.463 e. The maximum Gasteiger partial charge on any atom is 0.333 e. The van der Waals surface area contributed by atoms with Gasteiger partial charge >= 0.3 is 5.97 Å². The topological polar surface area (TPSA) is 66.8 Å². The van der Waals surface area contributed by atoms with Crippen LogP contribution < -0.4 is 0 Å². The summed E-state index contributed by atoms with van der Waals surface area (Å²) in [6.45, 7) is 3.39. The third-order valence-corrected chi connectivity index (χ3v) is 3.60. The molecular weight excluding hydrogens is 230 g/mol. The minimum atomic E-state index is -0.896. The predicted octanol–water partition coefficient (Wildman–Crippen LogP) is 0.347. The molecule has 1 N–H and O–H groups in total. The van der Waals surface area contributed by atoms with Crippen LogP contribution in [0, 0.1) is 0 Å². The fraction of sp³-hybridized carbons (Fsp3) is 0.600. The summed E-state index contributed by atoms with van der Waals surface area (Å²) in [7, 11) is 1.57. The van der Waals surface area contributed by atoms with Crippen molar-refractivity contribution in [1.82, 2.24) is 4.90 Å². The maximum absolute atomic E-state index is 11.8. The number of aliphatic hydroxyl groups excluding tert-OH is 1. The summed E-state index contributed by atoms with van der Waals surface area (Å²) in [5.41, 5.74) is 0. The molecule has 0 saturated carbocycles. The highest BCUT2D eigenvalue weighted by atomic mass is 32.2. The van der Waals surface area contributed by atoms with Gasteiger partial charge in [0, 0.05) is 7.05 Å². The molecule has 0 aromatic heterocycles. The Morgan fingerprint density at radius 1 is 1.69 bits per heavy atom. The van der Waals surface area contributed by atoms with Gasteiger partial charge in [0.15, 0.2) is 0 Å². The second-order valence-electron chi connectivity index (χ2n) is 3.59. The molecule has 16 heavy (non-hydrogen) atoms. The molecule has 1 aliphatic heterocycles. The molecule has 1 aliphatic rings. The van der Waals surface area contributed by atoms with E-state index in [1.165, 1.54) is 22.7 Å². The van der Waals surface area contributed by atoms with Crippen molar-refractivity contribution in [3.05, 3.63) is 11.1 Å². The minimum absolute atomic E-state index is 0.212. The Hall–Kier alpha value is -1.01.